The van der Waals surface area contributed by atoms with Gasteiger partial charge in [-0.3, -0.25) is 0 Å². The zero-order valence-electron chi connectivity index (χ0n) is 10.1. The number of hydrogen-bond donors (Lipinski definition) is 2. The van der Waals surface area contributed by atoms with Crippen molar-refractivity contribution in [2.75, 3.05) is 19.8 Å². The van der Waals surface area contributed by atoms with Gasteiger partial charge in [0.2, 0.25) is 0 Å². The zero-order chi connectivity index (χ0) is 12.8. The highest BCUT2D eigenvalue weighted by atomic mass is 16.5. The Balaban J connectivity index is 2.00. The van der Waals surface area contributed by atoms with Crippen LogP contribution >= 0.6 is 0 Å². The van der Waals surface area contributed by atoms with Crippen LogP contribution in [0.2, 0.25) is 0 Å². The SMILES string of the molecule is N/C(=N/O)c1ncccc1OCC1CCOCC1. The number of nitrogens with zero attached hydrogens (tertiary/aromatic N) is 2. The van der Waals surface area contributed by atoms with Crippen molar-refractivity contribution in [1.29, 1.82) is 0 Å². The Labute approximate surface area is 105 Å². The zero-order valence-corrected chi connectivity index (χ0v) is 10.1. The van der Waals surface area contributed by atoms with Gasteiger partial charge in [-0.25, -0.2) is 4.98 Å². The van der Waals surface area contributed by atoms with Gasteiger partial charge in [0, 0.05) is 19.4 Å². The normalized spacial score (nSPS) is 17.7. The topological polar surface area (TPSA) is 90.0 Å². The van der Waals surface area contributed by atoms with E-state index in [9.17, 15) is 0 Å². The van der Waals surface area contributed by atoms with Crippen LogP contribution in [0.15, 0.2) is 23.5 Å². The second kappa shape index (κ2) is 6.20. The molecule has 6 nitrogen and oxygen atoms in total. The standard InChI is InChI=1S/C12H17N3O3/c13-12(15-16)11-10(2-1-5-14-11)18-8-9-3-6-17-7-4-9/h1-2,5,9,16H,3-4,6-8H2,(H2,13,15). The summed E-state index contributed by atoms with van der Waals surface area (Å²) in [7, 11) is 0. The van der Waals surface area contributed by atoms with Crippen LogP contribution in [0.5, 0.6) is 5.75 Å². The fraction of sp³-hybridized carbons (Fsp3) is 0.500. The molecule has 2 heterocycles. The smallest absolute Gasteiger partial charge is 0.192 e. The molecule has 0 bridgehead atoms. The van der Waals surface area contributed by atoms with Crippen LogP contribution in [0.1, 0.15) is 18.5 Å². The maximum atomic E-state index is 8.68. The molecule has 1 saturated heterocycles. The lowest BCUT2D eigenvalue weighted by Crippen LogP contribution is -2.23. The minimum Gasteiger partial charge on any atom is -0.491 e. The van der Waals surface area contributed by atoms with Crippen LogP contribution in [0.3, 0.4) is 0 Å². The fourth-order valence-corrected chi connectivity index (χ4v) is 1.87. The van der Waals surface area contributed by atoms with Gasteiger partial charge in [-0.05, 0) is 30.9 Å². The number of oxime groups is 1. The monoisotopic (exact) mass is 251 g/mol. The minimum absolute atomic E-state index is 0.0439. The summed E-state index contributed by atoms with van der Waals surface area (Å²) in [6, 6.07) is 3.52. The van der Waals surface area contributed by atoms with Gasteiger partial charge < -0.3 is 20.4 Å². The first-order chi connectivity index (χ1) is 8.81. The van der Waals surface area contributed by atoms with Crippen molar-refractivity contribution in [2.45, 2.75) is 12.8 Å². The Morgan fingerprint density at radius 3 is 3.06 bits per heavy atom. The molecule has 0 atom stereocenters. The van der Waals surface area contributed by atoms with E-state index in [-0.39, 0.29) is 5.84 Å². The van der Waals surface area contributed by atoms with Crippen molar-refractivity contribution in [1.82, 2.24) is 4.98 Å². The highest BCUT2D eigenvalue weighted by Gasteiger charge is 2.16. The lowest BCUT2D eigenvalue weighted by Gasteiger charge is -2.22. The second-order valence-electron chi connectivity index (χ2n) is 4.20. The van der Waals surface area contributed by atoms with Crippen molar-refractivity contribution in [3.63, 3.8) is 0 Å². The molecule has 6 heteroatoms. The Kier molecular flexibility index (Phi) is 4.35. The van der Waals surface area contributed by atoms with E-state index >= 15 is 0 Å². The molecule has 1 aliphatic rings. The Morgan fingerprint density at radius 2 is 2.33 bits per heavy atom. The van der Waals surface area contributed by atoms with E-state index in [2.05, 4.69) is 10.1 Å². The second-order valence-corrected chi connectivity index (χ2v) is 4.20. The number of amidine groups is 1. The molecule has 0 amide bonds. The predicted octanol–water partition coefficient (Wildman–Crippen LogP) is 0.981. The van der Waals surface area contributed by atoms with Gasteiger partial charge in [0.1, 0.15) is 5.75 Å². The molecule has 0 aromatic carbocycles. The third-order valence-corrected chi connectivity index (χ3v) is 2.94. The summed E-state index contributed by atoms with van der Waals surface area (Å²) in [4.78, 5) is 4.05. The number of ether oxygens (including phenoxy) is 2. The average Bonchev–Trinajstić information content (AvgIpc) is 2.45. The van der Waals surface area contributed by atoms with E-state index in [4.69, 9.17) is 20.4 Å². The number of pyridine rings is 1. The van der Waals surface area contributed by atoms with Crippen molar-refractivity contribution in [3.05, 3.63) is 24.0 Å². The molecule has 0 spiro atoms. The van der Waals surface area contributed by atoms with E-state index in [1.807, 2.05) is 0 Å². The van der Waals surface area contributed by atoms with Gasteiger partial charge >= 0.3 is 0 Å². The Hall–Kier alpha value is -1.82. The molecular formula is C12H17N3O3. The molecule has 1 aliphatic heterocycles. The number of aromatic nitrogens is 1. The summed E-state index contributed by atoms with van der Waals surface area (Å²) in [5.74, 6) is 0.982. The highest BCUT2D eigenvalue weighted by Crippen LogP contribution is 2.19. The van der Waals surface area contributed by atoms with E-state index in [0.29, 0.717) is 24.0 Å². The van der Waals surface area contributed by atoms with Gasteiger partial charge in [0.25, 0.3) is 0 Å². The quantitative estimate of drug-likeness (QED) is 0.360. The van der Waals surface area contributed by atoms with Crippen molar-refractivity contribution < 1.29 is 14.7 Å². The lowest BCUT2D eigenvalue weighted by molar-refractivity contribution is 0.0496. The molecule has 2 rings (SSSR count). The van der Waals surface area contributed by atoms with Crippen LogP contribution in [-0.2, 0) is 4.74 Å². The lowest BCUT2D eigenvalue weighted by atomic mass is 10.0. The number of rotatable bonds is 4. The third-order valence-electron chi connectivity index (χ3n) is 2.94. The first kappa shape index (κ1) is 12.6. The molecule has 98 valence electrons. The summed E-state index contributed by atoms with van der Waals surface area (Å²) >= 11 is 0. The first-order valence-corrected chi connectivity index (χ1v) is 5.94. The molecule has 0 unspecified atom stereocenters. The van der Waals surface area contributed by atoms with Crippen LogP contribution in [0.4, 0.5) is 0 Å². The summed E-state index contributed by atoms with van der Waals surface area (Å²) in [5.41, 5.74) is 5.91. The van der Waals surface area contributed by atoms with Crippen LogP contribution in [0, 0.1) is 5.92 Å². The van der Waals surface area contributed by atoms with Crippen molar-refractivity contribution >= 4 is 5.84 Å². The first-order valence-electron chi connectivity index (χ1n) is 5.94. The molecule has 1 aromatic rings. The van der Waals surface area contributed by atoms with Crippen LogP contribution < -0.4 is 10.5 Å². The fourth-order valence-electron chi connectivity index (χ4n) is 1.87. The van der Waals surface area contributed by atoms with Crippen LogP contribution in [0.25, 0.3) is 0 Å². The summed E-state index contributed by atoms with van der Waals surface area (Å²) in [6.07, 6.45) is 3.58. The van der Waals surface area contributed by atoms with Gasteiger partial charge in [0.15, 0.2) is 11.5 Å². The van der Waals surface area contributed by atoms with E-state index in [1.165, 1.54) is 0 Å². The molecule has 18 heavy (non-hydrogen) atoms. The van der Waals surface area contributed by atoms with E-state index in [1.54, 1.807) is 18.3 Å². The number of hydrogen-bond acceptors (Lipinski definition) is 5. The summed E-state index contributed by atoms with van der Waals surface area (Å²) in [6.45, 7) is 2.17. The van der Waals surface area contributed by atoms with E-state index < -0.39 is 0 Å². The maximum absolute atomic E-state index is 8.68. The average molecular weight is 251 g/mol. The Morgan fingerprint density at radius 1 is 1.56 bits per heavy atom. The number of nitrogens with two attached hydrogens (primary N) is 1. The summed E-state index contributed by atoms with van der Waals surface area (Å²) < 4.78 is 11.0. The molecule has 1 fully saturated rings. The van der Waals surface area contributed by atoms with Crippen LogP contribution in [-0.4, -0.2) is 35.8 Å². The molecule has 1 aromatic heterocycles. The van der Waals surface area contributed by atoms with Gasteiger partial charge in [0.05, 0.1) is 6.61 Å². The van der Waals surface area contributed by atoms with Gasteiger partial charge in [-0.1, -0.05) is 5.16 Å². The maximum Gasteiger partial charge on any atom is 0.192 e. The molecule has 0 radical (unpaired) electrons. The van der Waals surface area contributed by atoms with E-state index in [0.717, 1.165) is 26.1 Å². The minimum atomic E-state index is -0.0439. The third kappa shape index (κ3) is 3.10. The molecular weight excluding hydrogens is 234 g/mol. The Bertz CT molecular complexity index is 417. The molecule has 0 saturated carbocycles. The highest BCUT2D eigenvalue weighted by molar-refractivity contribution is 5.97. The molecule has 3 N–H and O–H groups in total. The van der Waals surface area contributed by atoms with Crippen molar-refractivity contribution in [2.24, 2.45) is 16.8 Å². The predicted molar refractivity (Wildman–Crippen MR) is 65.8 cm³/mol. The van der Waals surface area contributed by atoms with Gasteiger partial charge in [-0.2, -0.15) is 0 Å². The summed E-state index contributed by atoms with van der Waals surface area (Å²) in [5, 5.41) is 11.6. The van der Waals surface area contributed by atoms with Crippen molar-refractivity contribution in [3.8, 4) is 5.75 Å². The largest absolute Gasteiger partial charge is 0.491 e. The molecule has 0 aliphatic carbocycles. The van der Waals surface area contributed by atoms with Gasteiger partial charge in [-0.15, -0.1) is 0 Å².